The number of nitrogens with two attached hydrogens (primary N) is 1. The maximum absolute atomic E-state index is 11.9. The second kappa shape index (κ2) is 5.88. The third kappa shape index (κ3) is 3.05. The van der Waals surface area contributed by atoms with E-state index in [1.54, 1.807) is 11.7 Å². The highest BCUT2D eigenvalue weighted by Crippen LogP contribution is 2.17. The monoisotopic (exact) mass is 273 g/mol. The number of nitrogens with zero attached hydrogens (tertiary/aromatic N) is 2. The fraction of sp³-hybridized carbons (Fsp3) is 0.333. The summed E-state index contributed by atoms with van der Waals surface area (Å²) in [5.74, 6) is 0.784. The Hall–Kier alpha value is -2.14. The van der Waals surface area contributed by atoms with Gasteiger partial charge in [-0.3, -0.25) is 4.57 Å². The molecule has 2 aromatic rings. The maximum atomic E-state index is 11.9. The Morgan fingerprint density at radius 2 is 1.95 bits per heavy atom. The average molecular weight is 273 g/mol. The van der Waals surface area contributed by atoms with Gasteiger partial charge in [0.05, 0.1) is 7.11 Å². The van der Waals surface area contributed by atoms with E-state index < -0.39 is 0 Å². The predicted molar refractivity (Wildman–Crippen MR) is 77.9 cm³/mol. The number of aryl methyl sites for hydroxylation is 2. The van der Waals surface area contributed by atoms with Gasteiger partial charge < -0.3 is 10.5 Å². The summed E-state index contributed by atoms with van der Waals surface area (Å²) in [7, 11) is 1.62. The molecular formula is C15H19N3O2. The third-order valence-electron chi connectivity index (χ3n) is 3.27. The molecule has 0 aliphatic heterocycles. The fourth-order valence-electron chi connectivity index (χ4n) is 2.15. The lowest BCUT2D eigenvalue weighted by Gasteiger charge is -2.16. The Labute approximate surface area is 118 Å². The van der Waals surface area contributed by atoms with Gasteiger partial charge in [0.25, 0.3) is 0 Å². The van der Waals surface area contributed by atoms with Crippen molar-refractivity contribution >= 4 is 0 Å². The molecular weight excluding hydrogens is 254 g/mol. The second-order valence-electron chi connectivity index (χ2n) is 4.81. The molecule has 1 aromatic heterocycles. The molecule has 2 rings (SSSR count). The molecule has 1 atom stereocenters. The Bertz CT molecular complexity index is 647. The molecule has 1 unspecified atom stereocenters. The van der Waals surface area contributed by atoms with Crippen molar-refractivity contribution in [3.8, 4) is 5.75 Å². The Kier molecular flexibility index (Phi) is 4.20. The van der Waals surface area contributed by atoms with Crippen LogP contribution < -0.4 is 16.2 Å². The number of benzene rings is 1. The van der Waals surface area contributed by atoms with Gasteiger partial charge >= 0.3 is 5.69 Å². The number of hydrogen-bond donors (Lipinski definition) is 1. The lowest BCUT2D eigenvalue weighted by Crippen LogP contribution is -2.30. The van der Waals surface area contributed by atoms with Crippen molar-refractivity contribution in [2.75, 3.05) is 7.11 Å². The van der Waals surface area contributed by atoms with Gasteiger partial charge in [0.2, 0.25) is 0 Å². The van der Waals surface area contributed by atoms with E-state index in [9.17, 15) is 4.79 Å². The first-order valence-corrected chi connectivity index (χ1v) is 6.46. The van der Waals surface area contributed by atoms with Crippen molar-refractivity contribution in [2.24, 2.45) is 5.73 Å². The molecule has 5 nitrogen and oxygen atoms in total. The molecule has 0 aliphatic rings. The topological polar surface area (TPSA) is 70.1 Å². The van der Waals surface area contributed by atoms with E-state index in [-0.39, 0.29) is 11.7 Å². The summed E-state index contributed by atoms with van der Waals surface area (Å²) in [5.41, 5.74) is 8.46. The zero-order valence-electron chi connectivity index (χ0n) is 12.0. The zero-order chi connectivity index (χ0) is 14.7. The molecule has 0 aliphatic carbocycles. The summed E-state index contributed by atoms with van der Waals surface area (Å²) in [5, 5.41) is 0. The predicted octanol–water partition coefficient (Wildman–Crippen LogP) is 1.57. The van der Waals surface area contributed by atoms with Gasteiger partial charge in [-0.25, -0.2) is 4.79 Å². The summed E-state index contributed by atoms with van der Waals surface area (Å²) >= 11 is 0. The first kappa shape index (κ1) is 14.3. The molecule has 2 N–H and O–H groups in total. The van der Waals surface area contributed by atoms with Crippen LogP contribution in [0.5, 0.6) is 5.75 Å². The number of aromatic nitrogens is 2. The van der Waals surface area contributed by atoms with Crippen LogP contribution in [0.2, 0.25) is 0 Å². The van der Waals surface area contributed by atoms with Crippen LogP contribution in [0.3, 0.4) is 0 Å². The van der Waals surface area contributed by atoms with Crippen LogP contribution >= 0.6 is 0 Å². The zero-order valence-corrected chi connectivity index (χ0v) is 12.0. The number of methoxy groups -OCH3 is 1. The second-order valence-corrected chi connectivity index (χ2v) is 4.81. The van der Waals surface area contributed by atoms with E-state index in [0.29, 0.717) is 6.54 Å². The van der Waals surface area contributed by atoms with E-state index in [0.717, 1.165) is 22.7 Å². The van der Waals surface area contributed by atoms with Gasteiger partial charge in [-0.05, 0) is 37.6 Å². The van der Waals surface area contributed by atoms with Gasteiger partial charge in [0.1, 0.15) is 5.75 Å². The van der Waals surface area contributed by atoms with Crippen LogP contribution in [0.15, 0.2) is 35.1 Å². The van der Waals surface area contributed by atoms with Crippen molar-refractivity contribution in [1.29, 1.82) is 0 Å². The average Bonchev–Trinajstić information content (AvgIpc) is 2.42. The lowest BCUT2D eigenvalue weighted by molar-refractivity contribution is 0.414. The van der Waals surface area contributed by atoms with Crippen molar-refractivity contribution in [1.82, 2.24) is 9.55 Å². The largest absolute Gasteiger partial charge is 0.497 e. The van der Waals surface area contributed by atoms with E-state index in [4.69, 9.17) is 10.5 Å². The van der Waals surface area contributed by atoms with Crippen LogP contribution in [0.25, 0.3) is 0 Å². The third-order valence-corrected chi connectivity index (χ3v) is 3.27. The molecule has 0 amide bonds. The molecule has 1 heterocycles. The number of hydrogen-bond acceptors (Lipinski definition) is 4. The minimum atomic E-state index is -0.262. The molecule has 0 saturated carbocycles. The maximum Gasteiger partial charge on any atom is 0.348 e. The van der Waals surface area contributed by atoms with Crippen molar-refractivity contribution in [2.45, 2.75) is 26.4 Å². The van der Waals surface area contributed by atoms with Crippen molar-refractivity contribution in [3.63, 3.8) is 0 Å². The highest BCUT2D eigenvalue weighted by atomic mass is 16.5. The molecule has 0 spiro atoms. The Morgan fingerprint density at radius 1 is 1.30 bits per heavy atom. The van der Waals surface area contributed by atoms with Crippen LogP contribution in [0.4, 0.5) is 0 Å². The van der Waals surface area contributed by atoms with Crippen LogP contribution in [-0.4, -0.2) is 16.7 Å². The van der Waals surface area contributed by atoms with Crippen molar-refractivity contribution < 1.29 is 4.74 Å². The first-order chi connectivity index (χ1) is 9.51. The van der Waals surface area contributed by atoms with E-state index in [1.165, 1.54) is 0 Å². The van der Waals surface area contributed by atoms with E-state index in [1.807, 2.05) is 44.2 Å². The summed E-state index contributed by atoms with van der Waals surface area (Å²) in [4.78, 5) is 15.8. The van der Waals surface area contributed by atoms with Gasteiger partial charge in [0, 0.05) is 24.0 Å². The molecule has 0 saturated heterocycles. The van der Waals surface area contributed by atoms with Crippen LogP contribution in [0.1, 0.15) is 23.0 Å². The SMILES string of the molecule is COc1ccc(C(N)Cn2c(C)cc(C)nc2=O)cc1. The smallest absolute Gasteiger partial charge is 0.348 e. The van der Waals surface area contributed by atoms with Gasteiger partial charge in [-0.2, -0.15) is 4.98 Å². The van der Waals surface area contributed by atoms with Crippen LogP contribution in [0, 0.1) is 13.8 Å². The molecule has 0 bridgehead atoms. The molecule has 1 aromatic carbocycles. The van der Waals surface area contributed by atoms with E-state index >= 15 is 0 Å². The Balaban J connectivity index is 2.23. The minimum Gasteiger partial charge on any atom is -0.497 e. The molecule has 20 heavy (non-hydrogen) atoms. The van der Waals surface area contributed by atoms with Crippen LogP contribution in [-0.2, 0) is 6.54 Å². The summed E-state index contributed by atoms with van der Waals surface area (Å²) in [6.45, 7) is 4.10. The highest BCUT2D eigenvalue weighted by Gasteiger charge is 2.10. The number of rotatable bonds is 4. The quantitative estimate of drug-likeness (QED) is 0.918. The van der Waals surface area contributed by atoms with Gasteiger partial charge in [0.15, 0.2) is 0 Å². The summed E-state index contributed by atoms with van der Waals surface area (Å²) in [6.07, 6.45) is 0. The Morgan fingerprint density at radius 3 is 2.50 bits per heavy atom. The van der Waals surface area contributed by atoms with Crippen molar-refractivity contribution in [3.05, 3.63) is 57.8 Å². The van der Waals surface area contributed by atoms with Gasteiger partial charge in [-0.15, -0.1) is 0 Å². The number of ether oxygens (including phenoxy) is 1. The normalized spacial score (nSPS) is 12.2. The van der Waals surface area contributed by atoms with Gasteiger partial charge in [-0.1, -0.05) is 12.1 Å². The summed E-state index contributed by atoms with van der Waals surface area (Å²) < 4.78 is 6.71. The highest BCUT2D eigenvalue weighted by molar-refractivity contribution is 5.29. The van der Waals surface area contributed by atoms with E-state index in [2.05, 4.69) is 4.98 Å². The molecule has 106 valence electrons. The fourth-order valence-corrected chi connectivity index (χ4v) is 2.15. The lowest BCUT2D eigenvalue weighted by atomic mass is 10.1. The molecule has 5 heteroatoms. The summed E-state index contributed by atoms with van der Waals surface area (Å²) in [6, 6.07) is 9.15. The minimum absolute atomic E-state index is 0.258. The molecule has 0 fully saturated rings. The molecule has 0 radical (unpaired) electrons. The first-order valence-electron chi connectivity index (χ1n) is 6.46. The standard InChI is InChI=1S/C15H19N3O2/c1-10-8-11(2)18(15(19)17-10)9-14(16)12-4-6-13(20-3)7-5-12/h4-8,14H,9,16H2,1-3H3.